The van der Waals surface area contributed by atoms with E-state index in [0.717, 1.165) is 16.9 Å². The molecule has 0 amide bonds. The highest BCUT2D eigenvalue weighted by Crippen LogP contribution is 2.41. The van der Waals surface area contributed by atoms with Crippen LogP contribution in [0.25, 0.3) is 0 Å². The summed E-state index contributed by atoms with van der Waals surface area (Å²) in [4.78, 5) is 5.62. The zero-order valence-corrected chi connectivity index (χ0v) is 19.3. The molecule has 1 aromatic carbocycles. The summed E-state index contributed by atoms with van der Waals surface area (Å²) in [6.07, 6.45) is -3.11. The van der Waals surface area contributed by atoms with Gasteiger partial charge in [-0.3, -0.25) is 4.90 Å². The Bertz CT molecular complexity index is 1040. The van der Waals surface area contributed by atoms with Crippen molar-refractivity contribution >= 4 is 57.0 Å². The number of rotatable bonds is 8. The van der Waals surface area contributed by atoms with Gasteiger partial charge in [0.1, 0.15) is 5.76 Å². The van der Waals surface area contributed by atoms with E-state index in [1.165, 1.54) is 18.4 Å². The molecule has 0 unspecified atom stereocenters. The molecular formula is C20H17Cl3F3N3OS. The van der Waals surface area contributed by atoms with Crippen molar-refractivity contribution in [2.75, 3.05) is 11.9 Å². The first-order valence-electron chi connectivity index (χ1n) is 8.90. The summed E-state index contributed by atoms with van der Waals surface area (Å²) in [5.41, 5.74) is 0.0752. The zero-order chi connectivity index (χ0) is 22.8. The lowest BCUT2D eigenvalue weighted by Gasteiger charge is -2.21. The van der Waals surface area contributed by atoms with E-state index in [2.05, 4.69) is 16.9 Å². The van der Waals surface area contributed by atoms with E-state index in [1.807, 2.05) is 6.92 Å². The normalized spacial score (nSPS) is 11.9. The number of halogens is 6. The smallest absolute Gasteiger partial charge is 0.434 e. The van der Waals surface area contributed by atoms with Gasteiger partial charge in [-0.1, -0.05) is 58.3 Å². The van der Waals surface area contributed by atoms with Gasteiger partial charge in [0.15, 0.2) is 10.8 Å². The highest BCUT2D eigenvalue weighted by molar-refractivity contribution is 7.15. The lowest BCUT2D eigenvalue weighted by atomic mass is 10.2. The molecule has 0 aliphatic carbocycles. The Hall–Kier alpha value is -1.71. The third kappa shape index (κ3) is 6.40. The fourth-order valence-corrected chi connectivity index (χ4v) is 4.82. The van der Waals surface area contributed by atoms with Gasteiger partial charge in [0.05, 0.1) is 33.4 Å². The molecule has 0 saturated heterocycles. The maximum Gasteiger partial charge on any atom is 0.434 e. The van der Waals surface area contributed by atoms with Crippen LogP contribution >= 0.6 is 46.1 Å². The van der Waals surface area contributed by atoms with Crippen molar-refractivity contribution in [1.29, 1.82) is 0 Å². The number of benzene rings is 1. The average molecular weight is 511 g/mol. The van der Waals surface area contributed by atoms with Gasteiger partial charge in [-0.2, -0.15) is 13.2 Å². The number of nitrogens with one attached hydrogen (secondary N) is 1. The largest absolute Gasteiger partial charge is 0.468 e. The summed E-state index contributed by atoms with van der Waals surface area (Å²) in [7, 11) is 0. The summed E-state index contributed by atoms with van der Waals surface area (Å²) < 4.78 is 46.4. The highest BCUT2D eigenvalue weighted by atomic mass is 35.5. The molecule has 0 atom stereocenters. The molecule has 3 rings (SSSR count). The Labute approximate surface area is 196 Å². The SMILES string of the molecule is C=C(C)CN(Cc1ccco1)Cc1sc(Nc2c(Cl)cc(Cl)cc2Cl)nc1C(F)(F)F. The van der Waals surface area contributed by atoms with Crippen molar-refractivity contribution in [1.82, 2.24) is 9.88 Å². The van der Waals surface area contributed by atoms with E-state index < -0.39 is 11.9 Å². The Morgan fingerprint density at radius 1 is 1.23 bits per heavy atom. The minimum Gasteiger partial charge on any atom is -0.468 e. The molecule has 0 saturated carbocycles. The van der Waals surface area contributed by atoms with Gasteiger partial charge in [0.25, 0.3) is 0 Å². The van der Waals surface area contributed by atoms with Gasteiger partial charge >= 0.3 is 6.18 Å². The van der Waals surface area contributed by atoms with Crippen molar-refractivity contribution in [3.8, 4) is 0 Å². The Kier molecular flexibility index (Phi) is 7.59. The van der Waals surface area contributed by atoms with E-state index in [1.54, 1.807) is 17.0 Å². The van der Waals surface area contributed by atoms with Crippen LogP contribution in [0.5, 0.6) is 0 Å². The number of anilines is 2. The van der Waals surface area contributed by atoms with Crippen LogP contribution in [0.2, 0.25) is 15.1 Å². The molecule has 166 valence electrons. The van der Waals surface area contributed by atoms with E-state index >= 15 is 0 Å². The average Bonchev–Trinajstić information content (AvgIpc) is 3.27. The molecule has 0 aliphatic rings. The van der Waals surface area contributed by atoms with E-state index in [9.17, 15) is 13.2 Å². The molecule has 0 bridgehead atoms. The first kappa shape index (κ1) is 23.9. The van der Waals surface area contributed by atoms with Crippen LogP contribution in [-0.2, 0) is 19.3 Å². The number of thiazole rings is 1. The molecule has 31 heavy (non-hydrogen) atoms. The van der Waals surface area contributed by atoms with E-state index in [4.69, 9.17) is 39.2 Å². The third-order valence-corrected chi connectivity index (χ3v) is 5.79. The summed E-state index contributed by atoms with van der Waals surface area (Å²) in [6, 6.07) is 6.37. The van der Waals surface area contributed by atoms with Gasteiger partial charge < -0.3 is 9.73 Å². The van der Waals surface area contributed by atoms with Gasteiger partial charge in [-0.25, -0.2) is 4.98 Å². The molecule has 4 nitrogen and oxygen atoms in total. The molecule has 11 heteroatoms. The number of furan rings is 1. The van der Waals surface area contributed by atoms with Gasteiger partial charge in [0.2, 0.25) is 0 Å². The Morgan fingerprint density at radius 2 is 1.90 bits per heavy atom. The topological polar surface area (TPSA) is 41.3 Å². The van der Waals surface area contributed by atoms with Gasteiger partial charge in [0, 0.05) is 18.1 Å². The van der Waals surface area contributed by atoms with Crippen molar-refractivity contribution in [2.24, 2.45) is 0 Å². The minimum absolute atomic E-state index is 0.00380. The fourth-order valence-electron chi connectivity index (χ4n) is 2.88. The standard InChI is InChI=1S/C20H17Cl3F3N3OS/c1-11(2)8-29(9-13-4-3-5-30-13)10-16-18(20(24,25)26)28-19(31-16)27-17-14(22)6-12(21)7-15(17)23/h3-7H,1,8-10H2,2H3,(H,27,28). The molecule has 3 aromatic rings. The summed E-state index contributed by atoms with van der Waals surface area (Å²) in [5.74, 6) is 0.636. The molecule has 2 aromatic heterocycles. The summed E-state index contributed by atoms with van der Waals surface area (Å²) in [6.45, 7) is 6.40. The van der Waals surface area contributed by atoms with E-state index in [-0.39, 0.29) is 32.3 Å². The van der Waals surface area contributed by atoms with Crippen molar-refractivity contribution in [3.05, 3.63) is 74.1 Å². The number of hydrogen-bond donors (Lipinski definition) is 1. The third-order valence-electron chi connectivity index (χ3n) is 4.02. The van der Waals surface area contributed by atoms with Crippen molar-refractivity contribution in [2.45, 2.75) is 26.2 Å². The molecule has 0 radical (unpaired) electrons. The fraction of sp³-hybridized carbons (Fsp3) is 0.250. The van der Waals surface area contributed by atoms with Gasteiger partial charge in [-0.05, 0) is 31.2 Å². The van der Waals surface area contributed by atoms with E-state index in [0.29, 0.717) is 23.9 Å². The lowest BCUT2D eigenvalue weighted by Crippen LogP contribution is -2.25. The second-order valence-electron chi connectivity index (χ2n) is 6.84. The maximum absolute atomic E-state index is 13.7. The molecular weight excluding hydrogens is 494 g/mol. The molecule has 0 fully saturated rings. The molecule has 1 N–H and O–H groups in total. The first-order chi connectivity index (χ1) is 14.5. The van der Waals surface area contributed by atoms with Crippen LogP contribution in [-0.4, -0.2) is 16.4 Å². The molecule has 0 aliphatic heterocycles. The van der Waals surface area contributed by atoms with Crippen LogP contribution in [0.15, 0.2) is 47.1 Å². The lowest BCUT2D eigenvalue weighted by molar-refractivity contribution is -0.141. The zero-order valence-electron chi connectivity index (χ0n) is 16.2. The predicted octanol–water partition coefficient (Wildman–Crippen LogP) is 8.04. The Morgan fingerprint density at radius 3 is 2.45 bits per heavy atom. The predicted molar refractivity (Wildman–Crippen MR) is 120 cm³/mol. The molecule has 2 heterocycles. The summed E-state index contributed by atoms with van der Waals surface area (Å²) in [5, 5.41) is 3.46. The maximum atomic E-state index is 13.7. The second-order valence-corrected chi connectivity index (χ2v) is 9.17. The summed E-state index contributed by atoms with van der Waals surface area (Å²) >= 11 is 19.0. The van der Waals surface area contributed by atoms with Crippen LogP contribution in [0.4, 0.5) is 24.0 Å². The van der Waals surface area contributed by atoms with Gasteiger partial charge in [-0.15, -0.1) is 0 Å². The quantitative estimate of drug-likeness (QED) is 0.311. The Balaban J connectivity index is 1.92. The second kappa shape index (κ2) is 9.83. The minimum atomic E-state index is -4.63. The van der Waals surface area contributed by atoms with Crippen LogP contribution < -0.4 is 5.32 Å². The van der Waals surface area contributed by atoms with Crippen LogP contribution in [0.1, 0.15) is 23.3 Å². The van der Waals surface area contributed by atoms with Crippen molar-refractivity contribution in [3.63, 3.8) is 0 Å². The number of hydrogen-bond acceptors (Lipinski definition) is 5. The number of alkyl halides is 3. The highest BCUT2D eigenvalue weighted by Gasteiger charge is 2.38. The first-order valence-corrected chi connectivity index (χ1v) is 10.9. The van der Waals surface area contributed by atoms with Crippen molar-refractivity contribution < 1.29 is 17.6 Å². The van der Waals surface area contributed by atoms with Crippen LogP contribution in [0, 0.1) is 0 Å². The number of nitrogens with zero attached hydrogens (tertiary/aromatic N) is 2. The molecule has 0 spiro atoms. The van der Waals surface area contributed by atoms with Crippen LogP contribution in [0.3, 0.4) is 0 Å². The number of aromatic nitrogens is 1. The monoisotopic (exact) mass is 509 g/mol.